The molecule has 0 bridgehead atoms. The Bertz CT molecular complexity index is 574. The molecule has 5 heteroatoms. The number of nitrogens with one attached hydrogen (secondary N) is 1. The second-order valence-electron chi connectivity index (χ2n) is 5.26. The maximum absolute atomic E-state index is 4.79. The largest absolute Gasteiger partial charge is 0.354 e. The highest BCUT2D eigenvalue weighted by Gasteiger charge is 2.24. The Balaban J connectivity index is 2.04. The molecule has 1 aliphatic carbocycles. The van der Waals surface area contributed by atoms with Crippen molar-refractivity contribution in [2.45, 2.75) is 45.6 Å². The van der Waals surface area contributed by atoms with Gasteiger partial charge in [0.05, 0.1) is 5.39 Å². The van der Waals surface area contributed by atoms with Crippen LogP contribution in [0.25, 0.3) is 10.2 Å². The maximum Gasteiger partial charge on any atom is 0.226 e. The number of thiophene rings is 1. The van der Waals surface area contributed by atoms with Crippen LogP contribution in [0.4, 0.5) is 11.8 Å². The average molecular weight is 290 g/mol. The summed E-state index contributed by atoms with van der Waals surface area (Å²) in [6, 6.07) is 2.80. The molecule has 0 radical (unpaired) electrons. The molecule has 1 fully saturated rings. The van der Waals surface area contributed by atoms with Crippen molar-refractivity contribution in [3.05, 3.63) is 11.4 Å². The van der Waals surface area contributed by atoms with E-state index in [1.54, 1.807) is 11.3 Å². The Kier molecular flexibility index (Phi) is 4.05. The molecule has 1 N–H and O–H groups in total. The fraction of sp³-hybridized carbons (Fsp3) is 0.600. The maximum atomic E-state index is 4.79. The molecule has 4 nitrogen and oxygen atoms in total. The lowest BCUT2D eigenvalue weighted by molar-refractivity contribution is 0.615. The third kappa shape index (κ3) is 2.46. The molecule has 2 aromatic rings. The molecule has 0 atom stereocenters. The van der Waals surface area contributed by atoms with Crippen LogP contribution in [-0.4, -0.2) is 29.1 Å². The van der Waals surface area contributed by atoms with Crippen LogP contribution in [0, 0.1) is 0 Å². The van der Waals surface area contributed by atoms with E-state index >= 15 is 0 Å². The van der Waals surface area contributed by atoms with Gasteiger partial charge in [-0.2, -0.15) is 4.98 Å². The highest BCUT2D eigenvalue weighted by atomic mass is 32.1. The lowest BCUT2D eigenvalue weighted by atomic mass is 10.2. The van der Waals surface area contributed by atoms with Gasteiger partial charge in [0.1, 0.15) is 10.6 Å². The number of fused-ring (bicyclic) bond motifs is 1. The molecule has 20 heavy (non-hydrogen) atoms. The molecule has 108 valence electrons. The van der Waals surface area contributed by atoms with E-state index in [0.717, 1.165) is 29.7 Å². The van der Waals surface area contributed by atoms with Crippen LogP contribution >= 0.6 is 11.3 Å². The van der Waals surface area contributed by atoms with Gasteiger partial charge in [-0.05, 0) is 38.1 Å². The third-order valence-corrected chi connectivity index (χ3v) is 4.82. The molecule has 0 aliphatic heterocycles. The number of aromatic nitrogens is 2. The summed E-state index contributed by atoms with van der Waals surface area (Å²) in [4.78, 5) is 12.9. The van der Waals surface area contributed by atoms with Gasteiger partial charge in [0.15, 0.2) is 0 Å². The number of hydrogen-bond donors (Lipinski definition) is 1. The normalized spacial score (nSPS) is 15.9. The van der Waals surface area contributed by atoms with Crippen molar-refractivity contribution >= 4 is 33.3 Å². The van der Waals surface area contributed by atoms with E-state index in [1.165, 1.54) is 31.1 Å². The van der Waals surface area contributed by atoms with Gasteiger partial charge in [0.2, 0.25) is 5.95 Å². The minimum absolute atomic E-state index is 0.646. The van der Waals surface area contributed by atoms with Crippen molar-refractivity contribution in [3.63, 3.8) is 0 Å². The predicted molar refractivity (Wildman–Crippen MR) is 86.9 cm³/mol. The highest BCUT2D eigenvalue weighted by molar-refractivity contribution is 7.16. The highest BCUT2D eigenvalue weighted by Crippen LogP contribution is 2.33. The van der Waals surface area contributed by atoms with Crippen LogP contribution in [0.2, 0.25) is 0 Å². The van der Waals surface area contributed by atoms with E-state index in [0.29, 0.717) is 6.04 Å². The Morgan fingerprint density at radius 3 is 2.80 bits per heavy atom. The molecule has 0 amide bonds. The second kappa shape index (κ2) is 5.95. The van der Waals surface area contributed by atoms with Crippen molar-refractivity contribution in [1.29, 1.82) is 0 Å². The van der Waals surface area contributed by atoms with Crippen molar-refractivity contribution < 1.29 is 0 Å². The number of anilines is 2. The van der Waals surface area contributed by atoms with Gasteiger partial charge >= 0.3 is 0 Å². The fourth-order valence-corrected chi connectivity index (χ4v) is 3.85. The Labute approximate surface area is 124 Å². The van der Waals surface area contributed by atoms with Crippen LogP contribution in [0.15, 0.2) is 11.4 Å². The molecular weight excluding hydrogens is 268 g/mol. The second-order valence-corrected chi connectivity index (χ2v) is 6.16. The van der Waals surface area contributed by atoms with Crippen LogP contribution in [0.1, 0.15) is 39.5 Å². The number of hydrogen-bond acceptors (Lipinski definition) is 5. The summed E-state index contributed by atoms with van der Waals surface area (Å²) in [6.45, 7) is 6.17. The lowest BCUT2D eigenvalue weighted by Crippen LogP contribution is -2.34. The first kappa shape index (κ1) is 13.6. The molecule has 0 spiro atoms. The zero-order valence-corrected chi connectivity index (χ0v) is 13.0. The van der Waals surface area contributed by atoms with Crippen LogP contribution in [0.3, 0.4) is 0 Å². The standard InChI is InChI=1S/C15H22N4S/c1-3-16-15-17-13(12-9-10-20-14(12)18-15)19(4-2)11-7-5-6-8-11/h9-11H,3-8H2,1-2H3,(H,16,17,18). The first-order valence-electron chi connectivity index (χ1n) is 7.59. The topological polar surface area (TPSA) is 41.1 Å². The molecule has 1 aliphatic rings. The Morgan fingerprint density at radius 1 is 1.30 bits per heavy atom. The summed E-state index contributed by atoms with van der Waals surface area (Å²) in [5.41, 5.74) is 0. The third-order valence-electron chi connectivity index (χ3n) is 4.02. The zero-order valence-electron chi connectivity index (χ0n) is 12.2. The summed E-state index contributed by atoms with van der Waals surface area (Å²) in [5.74, 6) is 1.87. The number of rotatable bonds is 5. The van der Waals surface area contributed by atoms with E-state index in [9.17, 15) is 0 Å². The summed E-state index contributed by atoms with van der Waals surface area (Å²) >= 11 is 1.69. The quantitative estimate of drug-likeness (QED) is 0.907. The molecule has 0 aromatic carbocycles. The summed E-state index contributed by atoms with van der Waals surface area (Å²) in [5, 5.41) is 6.57. The van der Waals surface area contributed by atoms with Crippen LogP contribution in [-0.2, 0) is 0 Å². The molecule has 1 saturated carbocycles. The van der Waals surface area contributed by atoms with E-state index in [2.05, 4.69) is 40.5 Å². The first-order chi connectivity index (χ1) is 9.83. The summed E-state index contributed by atoms with van der Waals surface area (Å²) < 4.78 is 0. The molecule has 2 heterocycles. The van der Waals surface area contributed by atoms with E-state index in [4.69, 9.17) is 4.98 Å². The summed E-state index contributed by atoms with van der Waals surface area (Å²) in [6.07, 6.45) is 5.28. The SMILES string of the molecule is CCNc1nc(N(CC)C2CCCC2)c2ccsc2n1. The van der Waals surface area contributed by atoms with Crippen molar-refractivity contribution in [1.82, 2.24) is 9.97 Å². The minimum Gasteiger partial charge on any atom is -0.354 e. The molecule has 3 rings (SSSR count). The Hall–Kier alpha value is -1.36. The van der Waals surface area contributed by atoms with Gasteiger partial charge < -0.3 is 10.2 Å². The molecule has 0 unspecified atom stereocenters. The van der Waals surface area contributed by atoms with E-state index in [-0.39, 0.29) is 0 Å². The van der Waals surface area contributed by atoms with Gasteiger partial charge in [-0.1, -0.05) is 12.8 Å². The predicted octanol–water partition coefficient (Wildman–Crippen LogP) is 3.89. The van der Waals surface area contributed by atoms with Crippen molar-refractivity contribution in [3.8, 4) is 0 Å². The van der Waals surface area contributed by atoms with Crippen LogP contribution < -0.4 is 10.2 Å². The molecular formula is C15H22N4S. The zero-order chi connectivity index (χ0) is 13.9. The lowest BCUT2D eigenvalue weighted by Gasteiger charge is -2.29. The Morgan fingerprint density at radius 2 is 2.10 bits per heavy atom. The average Bonchev–Trinajstić information content (AvgIpc) is 3.10. The van der Waals surface area contributed by atoms with Gasteiger partial charge in [-0.15, -0.1) is 11.3 Å². The van der Waals surface area contributed by atoms with Gasteiger partial charge in [-0.3, -0.25) is 0 Å². The number of nitrogens with zero attached hydrogens (tertiary/aromatic N) is 3. The smallest absolute Gasteiger partial charge is 0.226 e. The monoisotopic (exact) mass is 290 g/mol. The van der Waals surface area contributed by atoms with Crippen LogP contribution in [0.5, 0.6) is 0 Å². The van der Waals surface area contributed by atoms with E-state index < -0.39 is 0 Å². The van der Waals surface area contributed by atoms with Gasteiger partial charge in [-0.25, -0.2) is 4.98 Å². The van der Waals surface area contributed by atoms with Gasteiger partial charge in [0.25, 0.3) is 0 Å². The van der Waals surface area contributed by atoms with Gasteiger partial charge in [0, 0.05) is 19.1 Å². The van der Waals surface area contributed by atoms with Crippen molar-refractivity contribution in [2.75, 3.05) is 23.3 Å². The fourth-order valence-electron chi connectivity index (χ4n) is 3.09. The molecule has 2 aromatic heterocycles. The minimum atomic E-state index is 0.646. The first-order valence-corrected chi connectivity index (χ1v) is 8.47. The van der Waals surface area contributed by atoms with Crippen molar-refractivity contribution in [2.24, 2.45) is 0 Å². The van der Waals surface area contributed by atoms with E-state index in [1.807, 2.05) is 0 Å². The summed E-state index contributed by atoms with van der Waals surface area (Å²) in [7, 11) is 0. The molecule has 0 saturated heterocycles.